The van der Waals surface area contributed by atoms with Crippen molar-refractivity contribution in [2.75, 3.05) is 20.8 Å². The van der Waals surface area contributed by atoms with E-state index in [2.05, 4.69) is 9.68 Å². The van der Waals surface area contributed by atoms with Crippen molar-refractivity contribution in [2.24, 2.45) is 0 Å². The average Bonchev–Trinajstić information content (AvgIpc) is 2.04. The largest absolute Gasteiger partial charge is 0.411 e. The molecule has 0 amide bonds. The zero-order valence-corrected chi connectivity index (χ0v) is 8.26. The Balaban J connectivity index is 4.87. The van der Waals surface area contributed by atoms with Crippen LogP contribution in [0.15, 0.2) is 0 Å². The van der Waals surface area contributed by atoms with Gasteiger partial charge in [0.05, 0.1) is 14.2 Å². The molecule has 1 N–H and O–H groups in total. The van der Waals surface area contributed by atoms with Gasteiger partial charge in [0.2, 0.25) is 0 Å². The molecule has 0 heterocycles. The first-order valence-corrected chi connectivity index (χ1v) is 3.89. The van der Waals surface area contributed by atoms with Gasteiger partial charge in [0, 0.05) is 13.0 Å². The quantitative estimate of drug-likeness (QED) is 0.700. The van der Waals surface area contributed by atoms with Crippen molar-refractivity contribution >= 4 is 0 Å². The van der Waals surface area contributed by atoms with Gasteiger partial charge in [-0.1, -0.05) is 5.23 Å². The summed E-state index contributed by atoms with van der Waals surface area (Å²) in [7, 11) is 2.12. The molecule has 0 fully saturated rings. The Labute approximate surface area is 80.1 Å². The lowest BCUT2D eigenvalue weighted by atomic mass is 9.98. The van der Waals surface area contributed by atoms with Crippen LogP contribution in [-0.2, 0) is 9.68 Å². The number of hydrogen-bond donors (Lipinski definition) is 1. The second kappa shape index (κ2) is 4.92. The lowest BCUT2D eigenvalue weighted by Gasteiger charge is -2.37. The third kappa shape index (κ3) is 2.57. The normalized spacial score (nSPS) is 17.1. The summed E-state index contributed by atoms with van der Waals surface area (Å²) in [6, 6.07) is 0. The second-order valence-electron chi connectivity index (χ2n) is 2.87. The molecule has 0 spiro atoms. The number of nitrogens with zero attached hydrogens (tertiary/aromatic N) is 1. The van der Waals surface area contributed by atoms with Crippen molar-refractivity contribution in [3.8, 4) is 0 Å². The monoisotopic (exact) mass is 217 g/mol. The van der Waals surface area contributed by atoms with E-state index in [1.54, 1.807) is 0 Å². The highest BCUT2D eigenvalue weighted by atomic mass is 19.4. The van der Waals surface area contributed by atoms with Crippen molar-refractivity contribution < 1.29 is 28.0 Å². The van der Waals surface area contributed by atoms with Gasteiger partial charge in [0.1, 0.15) is 0 Å². The zero-order chi connectivity index (χ0) is 11.4. The molecule has 86 valence electrons. The van der Waals surface area contributed by atoms with Crippen molar-refractivity contribution in [1.82, 2.24) is 5.23 Å². The lowest BCUT2D eigenvalue weighted by Crippen LogP contribution is -2.56. The molecule has 0 aromatic rings. The van der Waals surface area contributed by atoms with E-state index < -0.39 is 24.7 Å². The third-order valence-corrected chi connectivity index (χ3v) is 1.94. The highest BCUT2D eigenvalue weighted by Crippen LogP contribution is 2.37. The van der Waals surface area contributed by atoms with E-state index in [9.17, 15) is 13.2 Å². The topological polar surface area (TPSA) is 41.9 Å². The fraction of sp³-hybridized carbons (Fsp3) is 1.00. The Kier molecular flexibility index (Phi) is 4.79. The van der Waals surface area contributed by atoms with E-state index in [-0.39, 0.29) is 0 Å². The van der Waals surface area contributed by atoms with Crippen LogP contribution < -0.4 is 0 Å². The molecule has 4 nitrogen and oxygen atoms in total. The minimum atomic E-state index is -4.55. The summed E-state index contributed by atoms with van der Waals surface area (Å²) in [5.74, 6) is 0. The van der Waals surface area contributed by atoms with Crippen molar-refractivity contribution in [1.29, 1.82) is 0 Å². The van der Waals surface area contributed by atoms with Gasteiger partial charge in [-0.15, -0.1) is 0 Å². The Morgan fingerprint density at radius 3 is 1.86 bits per heavy atom. The van der Waals surface area contributed by atoms with Crippen LogP contribution in [-0.4, -0.2) is 42.9 Å². The van der Waals surface area contributed by atoms with E-state index in [4.69, 9.17) is 5.11 Å². The van der Waals surface area contributed by atoms with Crippen LogP contribution in [0.3, 0.4) is 0 Å². The van der Waals surface area contributed by atoms with Crippen LogP contribution in [0.25, 0.3) is 0 Å². The summed E-state index contributed by atoms with van der Waals surface area (Å²) >= 11 is 0. The molecule has 0 bridgehead atoms. The van der Waals surface area contributed by atoms with Gasteiger partial charge in [-0.25, -0.2) is 0 Å². The second-order valence-corrected chi connectivity index (χ2v) is 2.87. The Morgan fingerprint density at radius 2 is 1.64 bits per heavy atom. The third-order valence-electron chi connectivity index (χ3n) is 1.94. The molecule has 7 heteroatoms. The van der Waals surface area contributed by atoms with E-state index in [0.29, 0.717) is 5.23 Å². The smallest absolute Gasteiger partial charge is 0.396 e. The van der Waals surface area contributed by atoms with E-state index in [1.165, 1.54) is 0 Å². The maximum atomic E-state index is 12.6. The highest BCUT2D eigenvalue weighted by molar-refractivity contribution is 4.87. The van der Waals surface area contributed by atoms with E-state index in [0.717, 1.165) is 21.1 Å². The van der Waals surface area contributed by atoms with Crippen LogP contribution >= 0.6 is 0 Å². The van der Waals surface area contributed by atoms with Crippen LogP contribution in [0, 0.1) is 0 Å². The van der Waals surface area contributed by atoms with Gasteiger partial charge in [-0.05, 0) is 6.92 Å². The number of halogens is 3. The first kappa shape index (κ1) is 13.6. The number of rotatable bonds is 5. The summed E-state index contributed by atoms with van der Waals surface area (Å²) in [6.07, 6.45) is -5.08. The van der Waals surface area contributed by atoms with Crippen molar-refractivity contribution in [3.05, 3.63) is 0 Å². The molecule has 0 aromatic heterocycles. The number of hydroxylamine groups is 2. The Hall–Kier alpha value is -0.370. The highest BCUT2D eigenvalue weighted by Gasteiger charge is 2.56. The minimum absolute atomic E-state index is 0.323. The van der Waals surface area contributed by atoms with E-state index >= 15 is 0 Å². The maximum Gasteiger partial charge on any atom is 0.411 e. The molecule has 0 saturated carbocycles. The molecular weight excluding hydrogens is 203 g/mol. The number of aliphatic hydroxyl groups is 1. The van der Waals surface area contributed by atoms with Gasteiger partial charge in [-0.3, -0.25) is 9.68 Å². The van der Waals surface area contributed by atoms with Gasteiger partial charge < -0.3 is 5.11 Å². The molecule has 1 unspecified atom stereocenters. The molecule has 0 aliphatic rings. The minimum Gasteiger partial charge on any atom is -0.396 e. The van der Waals surface area contributed by atoms with Crippen molar-refractivity contribution in [2.45, 2.75) is 25.1 Å². The molecule has 0 aromatic carbocycles. The molecule has 0 aliphatic heterocycles. The summed E-state index contributed by atoms with van der Waals surface area (Å²) in [5, 5.41) is 8.89. The summed E-state index contributed by atoms with van der Waals surface area (Å²) in [5.41, 5.74) is -2.36. The molecule has 0 rings (SSSR count). The fourth-order valence-electron chi connectivity index (χ4n) is 1.03. The SMILES string of the molecule is CON(OC)C(C)(CCO)C(F)(F)F. The van der Waals surface area contributed by atoms with Gasteiger partial charge in [0.15, 0.2) is 5.54 Å². The fourth-order valence-corrected chi connectivity index (χ4v) is 1.03. The molecule has 0 aliphatic carbocycles. The summed E-state index contributed by atoms with van der Waals surface area (Å²) in [4.78, 5) is 8.85. The molecule has 0 radical (unpaired) electrons. The van der Waals surface area contributed by atoms with Gasteiger partial charge >= 0.3 is 6.18 Å². The van der Waals surface area contributed by atoms with Crippen LogP contribution in [0.1, 0.15) is 13.3 Å². The number of hydrogen-bond acceptors (Lipinski definition) is 4. The van der Waals surface area contributed by atoms with Gasteiger partial charge in [-0.2, -0.15) is 13.2 Å². The van der Waals surface area contributed by atoms with Crippen LogP contribution in [0.4, 0.5) is 13.2 Å². The molecule has 0 saturated heterocycles. The van der Waals surface area contributed by atoms with Gasteiger partial charge in [0.25, 0.3) is 0 Å². The Bertz CT molecular complexity index is 172. The van der Waals surface area contributed by atoms with Crippen LogP contribution in [0.2, 0.25) is 0 Å². The Morgan fingerprint density at radius 1 is 1.21 bits per heavy atom. The maximum absolute atomic E-state index is 12.6. The number of aliphatic hydroxyl groups excluding tert-OH is 1. The lowest BCUT2D eigenvalue weighted by molar-refractivity contribution is -0.435. The predicted molar refractivity (Wildman–Crippen MR) is 42.0 cm³/mol. The molecule has 1 atom stereocenters. The standard InChI is InChI=1S/C7H14F3NO3/c1-6(4-5-12,7(8,9)10)11(13-2)14-3/h12H,4-5H2,1-3H3. The number of alkyl halides is 3. The molecule has 14 heavy (non-hydrogen) atoms. The molecular formula is C7H14F3NO3. The average molecular weight is 217 g/mol. The summed E-state index contributed by atoms with van der Waals surface area (Å²) < 4.78 is 37.8. The first-order chi connectivity index (χ1) is 6.33. The van der Waals surface area contributed by atoms with Crippen molar-refractivity contribution in [3.63, 3.8) is 0 Å². The van der Waals surface area contributed by atoms with Crippen LogP contribution in [0.5, 0.6) is 0 Å². The zero-order valence-electron chi connectivity index (χ0n) is 8.26. The summed E-state index contributed by atoms with van der Waals surface area (Å²) in [6.45, 7) is 0.273. The first-order valence-electron chi connectivity index (χ1n) is 3.89. The van der Waals surface area contributed by atoms with E-state index in [1.807, 2.05) is 0 Å². The predicted octanol–water partition coefficient (Wildman–Crippen LogP) is 1.11.